The van der Waals surface area contributed by atoms with Crippen molar-refractivity contribution in [1.82, 2.24) is 10.2 Å². The van der Waals surface area contributed by atoms with Crippen LogP contribution in [0, 0.1) is 0 Å². The summed E-state index contributed by atoms with van der Waals surface area (Å²) in [5.41, 5.74) is 0. The summed E-state index contributed by atoms with van der Waals surface area (Å²) >= 11 is 0. The van der Waals surface area contributed by atoms with Crippen molar-refractivity contribution in [3.8, 4) is 0 Å². The number of carbonyl (C=O) groups is 1. The summed E-state index contributed by atoms with van der Waals surface area (Å²) in [5, 5.41) is 11.6. The second-order valence-electron chi connectivity index (χ2n) is 4.04. The van der Waals surface area contributed by atoms with Crippen molar-refractivity contribution in [2.24, 2.45) is 0 Å². The number of ether oxygens (including phenoxy) is 1. The van der Waals surface area contributed by atoms with E-state index in [-0.39, 0.29) is 6.10 Å². The fourth-order valence-electron chi connectivity index (χ4n) is 1.82. The summed E-state index contributed by atoms with van der Waals surface area (Å²) in [5.74, 6) is -0.809. The van der Waals surface area contributed by atoms with Gasteiger partial charge < -0.3 is 20.1 Å². The van der Waals surface area contributed by atoms with E-state index in [0.717, 1.165) is 26.0 Å². The lowest BCUT2D eigenvalue weighted by Crippen LogP contribution is -2.45. The van der Waals surface area contributed by atoms with Crippen LogP contribution in [0.5, 0.6) is 0 Å². The van der Waals surface area contributed by atoms with Gasteiger partial charge >= 0.3 is 5.97 Å². The average Bonchev–Trinajstić information content (AvgIpc) is 2.66. The number of rotatable bonds is 6. The van der Waals surface area contributed by atoms with E-state index in [2.05, 4.69) is 5.32 Å². The van der Waals surface area contributed by atoms with Crippen LogP contribution in [-0.2, 0) is 9.53 Å². The molecule has 1 rings (SSSR count). The van der Waals surface area contributed by atoms with Gasteiger partial charge in [-0.3, -0.25) is 4.79 Å². The van der Waals surface area contributed by atoms with Gasteiger partial charge in [-0.25, -0.2) is 0 Å². The van der Waals surface area contributed by atoms with Gasteiger partial charge in [0.25, 0.3) is 0 Å². The molecule has 15 heavy (non-hydrogen) atoms. The Morgan fingerprint density at radius 3 is 2.93 bits per heavy atom. The van der Waals surface area contributed by atoms with E-state index >= 15 is 0 Å². The number of carboxylic acids is 1. The van der Waals surface area contributed by atoms with Crippen molar-refractivity contribution in [3.05, 3.63) is 0 Å². The Morgan fingerprint density at radius 1 is 1.73 bits per heavy atom. The van der Waals surface area contributed by atoms with Crippen LogP contribution in [-0.4, -0.2) is 61.9 Å². The van der Waals surface area contributed by atoms with E-state index < -0.39 is 12.0 Å². The second-order valence-corrected chi connectivity index (χ2v) is 4.04. The van der Waals surface area contributed by atoms with Crippen LogP contribution in [0.2, 0.25) is 0 Å². The molecule has 1 aliphatic heterocycles. The predicted octanol–water partition coefficient (Wildman–Crippen LogP) is -0.230. The highest BCUT2D eigenvalue weighted by Crippen LogP contribution is 2.12. The number of hydrogen-bond donors (Lipinski definition) is 2. The molecule has 0 spiro atoms. The summed E-state index contributed by atoms with van der Waals surface area (Å²) in [7, 11) is 3.59. The first kappa shape index (κ1) is 12.4. The first-order valence-electron chi connectivity index (χ1n) is 5.33. The molecule has 0 aliphatic carbocycles. The normalized spacial score (nSPS) is 23.3. The first-order chi connectivity index (χ1) is 7.13. The zero-order valence-electron chi connectivity index (χ0n) is 9.40. The highest BCUT2D eigenvalue weighted by molar-refractivity contribution is 5.73. The molecule has 2 unspecified atom stereocenters. The molecule has 0 aromatic rings. The van der Waals surface area contributed by atoms with Crippen LogP contribution in [0.3, 0.4) is 0 Å². The SMILES string of the molecule is CNC(CN(C)CC1CCCO1)C(=O)O. The number of hydrogen-bond acceptors (Lipinski definition) is 4. The molecule has 1 heterocycles. The van der Waals surface area contributed by atoms with Crippen LogP contribution >= 0.6 is 0 Å². The number of nitrogens with zero attached hydrogens (tertiary/aromatic N) is 1. The molecular formula is C10H20N2O3. The van der Waals surface area contributed by atoms with Crippen molar-refractivity contribution < 1.29 is 14.6 Å². The number of nitrogens with one attached hydrogen (secondary N) is 1. The predicted molar refractivity (Wildman–Crippen MR) is 57.0 cm³/mol. The minimum absolute atomic E-state index is 0.279. The third-order valence-corrected chi connectivity index (χ3v) is 2.68. The van der Waals surface area contributed by atoms with Gasteiger partial charge in [0.05, 0.1) is 6.10 Å². The van der Waals surface area contributed by atoms with Crippen molar-refractivity contribution in [3.63, 3.8) is 0 Å². The van der Waals surface area contributed by atoms with E-state index in [0.29, 0.717) is 6.54 Å². The van der Waals surface area contributed by atoms with Gasteiger partial charge in [-0.05, 0) is 26.9 Å². The molecule has 5 heteroatoms. The largest absolute Gasteiger partial charge is 0.480 e. The van der Waals surface area contributed by atoms with Crippen LogP contribution < -0.4 is 5.32 Å². The maximum Gasteiger partial charge on any atom is 0.322 e. The van der Waals surface area contributed by atoms with Crippen LogP contribution in [0.15, 0.2) is 0 Å². The molecule has 0 aromatic carbocycles. The zero-order chi connectivity index (χ0) is 11.3. The Hall–Kier alpha value is -0.650. The Kier molecular flexibility index (Phi) is 5.01. The fourth-order valence-corrected chi connectivity index (χ4v) is 1.82. The maximum absolute atomic E-state index is 10.8. The molecule has 2 atom stereocenters. The lowest BCUT2D eigenvalue weighted by molar-refractivity contribution is -0.139. The van der Waals surface area contributed by atoms with Gasteiger partial charge in [0, 0.05) is 19.7 Å². The minimum atomic E-state index is -0.809. The molecule has 1 saturated heterocycles. The van der Waals surface area contributed by atoms with E-state index in [4.69, 9.17) is 9.84 Å². The summed E-state index contributed by atoms with van der Waals surface area (Å²) in [4.78, 5) is 12.8. The third kappa shape index (κ3) is 4.15. The molecule has 5 nitrogen and oxygen atoms in total. The quantitative estimate of drug-likeness (QED) is 0.642. The summed E-state index contributed by atoms with van der Waals surface area (Å²) in [6.45, 7) is 2.16. The lowest BCUT2D eigenvalue weighted by Gasteiger charge is -2.23. The second kappa shape index (κ2) is 6.05. The van der Waals surface area contributed by atoms with Crippen LogP contribution in [0.4, 0.5) is 0 Å². The summed E-state index contributed by atoms with van der Waals surface area (Å²) < 4.78 is 5.49. The molecule has 1 aliphatic rings. The standard InChI is InChI=1S/C10H20N2O3/c1-11-9(10(13)14)7-12(2)6-8-4-3-5-15-8/h8-9,11H,3-7H2,1-2H3,(H,13,14). The molecule has 0 radical (unpaired) electrons. The Bertz CT molecular complexity index is 205. The smallest absolute Gasteiger partial charge is 0.322 e. The highest BCUT2D eigenvalue weighted by atomic mass is 16.5. The molecule has 0 saturated carbocycles. The van der Waals surface area contributed by atoms with Gasteiger partial charge in [0.1, 0.15) is 6.04 Å². The summed E-state index contributed by atoms with van der Waals surface area (Å²) in [6.07, 6.45) is 2.48. The Balaban J connectivity index is 2.26. The molecular weight excluding hydrogens is 196 g/mol. The van der Waals surface area contributed by atoms with Crippen molar-refractivity contribution in [2.45, 2.75) is 25.0 Å². The number of likely N-dealkylation sites (N-methyl/N-ethyl adjacent to an activating group) is 2. The van der Waals surface area contributed by atoms with Crippen LogP contribution in [0.1, 0.15) is 12.8 Å². The van der Waals surface area contributed by atoms with Gasteiger partial charge in [0.15, 0.2) is 0 Å². The molecule has 1 fully saturated rings. The van der Waals surface area contributed by atoms with Crippen molar-refractivity contribution in [2.75, 3.05) is 33.8 Å². The van der Waals surface area contributed by atoms with Gasteiger partial charge in [0.2, 0.25) is 0 Å². The van der Waals surface area contributed by atoms with Crippen LogP contribution in [0.25, 0.3) is 0 Å². The minimum Gasteiger partial charge on any atom is -0.480 e. The average molecular weight is 216 g/mol. The van der Waals surface area contributed by atoms with Crippen molar-refractivity contribution in [1.29, 1.82) is 0 Å². The van der Waals surface area contributed by atoms with Gasteiger partial charge in [-0.15, -0.1) is 0 Å². The number of carboxylic acid groups (broad SMARTS) is 1. The summed E-state index contributed by atoms with van der Waals surface area (Å²) in [6, 6.07) is -0.503. The van der Waals surface area contributed by atoms with Gasteiger partial charge in [-0.1, -0.05) is 0 Å². The molecule has 0 aromatic heterocycles. The molecule has 0 amide bonds. The van der Waals surface area contributed by atoms with Crippen molar-refractivity contribution >= 4 is 5.97 Å². The first-order valence-corrected chi connectivity index (χ1v) is 5.33. The fraction of sp³-hybridized carbons (Fsp3) is 0.900. The highest BCUT2D eigenvalue weighted by Gasteiger charge is 2.21. The zero-order valence-corrected chi connectivity index (χ0v) is 9.40. The molecule has 2 N–H and O–H groups in total. The third-order valence-electron chi connectivity index (χ3n) is 2.68. The molecule has 0 bridgehead atoms. The lowest BCUT2D eigenvalue weighted by atomic mass is 10.2. The Morgan fingerprint density at radius 2 is 2.47 bits per heavy atom. The van der Waals surface area contributed by atoms with E-state index in [1.54, 1.807) is 7.05 Å². The van der Waals surface area contributed by atoms with E-state index in [1.807, 2.05) is 11.9 Å². The maximum atomic E-state index is 10.8. The monoisotopic (exact) mass is 216 g/mol. The van der Waals surface area contributed by atoms with E-state index in [1.165, 1.54) is 0 Å². The molecule has 88 valence electrons. The van der Waals surface area contributed by atoms with E-state index in [9.17, 15) is 4.79 Å². The van der Waals surface area contributed by atoms with Gasteiger partial charge in [-0.2, -0.15) is 0 Å². The topological polar surface area (TPSA) is 61.8 Å². The number of aliphatic carboxylic acids is 1. The Labute approximate surface area is 90.4 Å².